The van der Waals surface area contributed by atoms with E-state index in [-0.39, 0.29) is 11.9 Å². The summed E-state index contributed by atoms with van der Waals surface area (Å²) in [6, 6.07) is 11.0. The lowest BCUT2D eigenvalue weighted by molar-refractivity contribution is -0.124. The Morgan fingerprint density at radius 1 is 1.16 bits per heavy atom. The van der Waals surface area contributed by atoms with E-state index in [9.17, 15) is 4.79 Å². The predicted octanol–water partition coefficient (Wildman–Crippen LogP) is 3.51. The van der Waals surface area contributed by atoms with Gasteiger partial charge in [-0.2, -0.15) is 5.10 Å². The Morgan fingerprint density at radius 3 is 2.56 bits per heavy atom. The van der Waals surface area contributed by atoms with E-state index in [4.69, 9.17) is 0 Å². The predicted molar refractivity (Wildman–Crippen MR) is 98.4 cm³/mol. The standard InChI is InChI=1S/C21H27N3O/c1-13-14(2)23-24(15(13)3)12-19(25)22-21-18-11-7-10-17(18)20(21)16-8-5-4-6-9-16/h4-6,8-9,17-18,20-21H,7,10-12H2,1-3H3,(H,22,25)/t17-,18+,20-,21-/m1/s1. The molecule has 4 heteroatoms. The molecule has 1 aromatic carbocycles. The fourth-order valence-electron chi connectivity index (χ4n) is 4.93. The van der Waals surface area contributed by atoms with E-state index < -0.39 is 0 Å². The number of nitrogens with zero attached hydrogens (tertiary/aromatic N) is 2. The summed E-state index contributed by atoms with van der Waals surface area (Å²) < 4.78 is 1.84. The minimum Gasteiger partial charge on any atom is -0.351 e. The number of fused-ring (bicyclic) bond motifs is 1. The summed E-state index contributed by atoms with van der Waals surface area (Å²) >= 11 is 0. The van der Waals surface area contributed by atoms with Gasteiger partial charge in [0.25, 0.3) is 0 Å². The minimum atomic E-state index is 0.0851. The van der Waals surface area contributed by atoms with Crippen LogP contribution in [-0.2, 0) is 11.3 Å². The minimum absolute atomic E-state index is 0.0851. The first kappa shape index (κ1) is 16.4. The molecule has 1 N–H and O–H groups in total. The fraction of sp³-hybridized carbons (Fsp3) is 0.524. The van der Waals surface area contributed by atoms with Gasteiger partial charge in [-0.25, -0.2) is 0 Å². The number of aryl methyl sites for hydroxylation is 1. The van der Waals surface area contributed by atoms with E-state index in [1.165, 1.54) is 30.4 Å². The number of nitrogens with one attached hydrogen (secondary N) is 1. The lowest BCUT2D eigenvalue weighted by Crippen LogP contribution is -2.57. The summed E-state index contributed by atoms with van der Waals surface area (Å²) in [4.78, 5) is 12.7. The molecule has 0 radical (unpaired) electrons. The highest BCUT2D eigenvalue weighted by Gasteiger charge is 2.53. The second-order valence-electron chi connectivity index (χ2n) is 7.74. The first-order valence-electron chi connectivity index (χ1n) is 9.41. The maximum Gasteiger partial charge on any atom is 0.241 e. The third-order valence-corrected chi connectivity index (χ3v) is 6.48. The van der Waals surface area contributed by atoms with E-state index in [1.54, 1.807) is 0 Å². The number of carbonyl (C=O) groups excluding carboxylic acids is 1. The van der Waals surface area contributed by atoms with Crippen LogP contribution in [0.4, 0.5) is 0 Å². The van der Waals surface area contributed by atoms with Crippen LogP contribution in [0.5, 0.6) is 0 Å². The zero-order valence-electron chi connectivity index (χ0n) is 15.3. The molecule has 4 atom stereocenters. The maximum atomic E-state index is 12.7. The number of aromatic nitrogens is 2. The summed E-state index contributed by atoms with van der Waals surface area (Å²) in [5, 5.41) is 7.84. The average molecular weight is 337 g/mol. The number of hydrogen-bond donors (Lipinski definition) is 1. The molecule has 1 aromatic heterocycles. The van der Waals surface area contributed by atoms with Gasteiger partial charge in [0.1, 0.15) is 6.54 Å². The van der Waals surface area contributed by atoms with E-state index in [2.05, 4.69) is 47.7 Å². The van der Waals surface area contributed by atoms with Crippen molar-refractivity contribution in [3.8, 4) is 0 Å². The molecule has 2 aromatic rings. The van der Waals surface area contributed by atoms with Gasteiger partial charge in [0.15, 0.2) is 0 Å². The van der Waals surface area contributed by atoms with Crippen molar-refractivity contribution in [2.45, 2.75) is 58.5 Å². The van der Waals surface area contributed by atoms with Crippen LogP contribution in [0, 0.1) is 32.6 Å². The number of carbonyl (C=O) groups is 1. The number of hydrogen-bond acceptors (Lipinski definition) is 2. The number of benzene rings is 1. The van der Waals surface area contributed by atoms with Crippen LogP contribution in [0.15, 0.2) is 30.3 Å². The quantitative estimate of drug-likeness (QED) is 0.928. The Morgan fingerprint density at radius 2 is 1.88 bits per heavy atom. The van der Waals surface area contributed by atoms with Gasteiger partial charge < -0.3 is 5.32 Å². The van der Waals surface area contributed by atoms with Crippen molar-refractivity contribution in [1.29, 1.82) is 0 Å². The highest BCUT2D eigenvalue weighted by Crippen LogP contribution is 2.55. The van der Waals surface area contributed by atoms with Gasteiger partial charge in [-0.1, -0.05) is 36.8 Å². The first-order chi connectivity index (χ1) is 12.1. The van der Waals surface area contributed by atoms with Crippen LogP contribution < -0.4 is 5.32 Å². The summed E-state index contributed by atoms with van der Waals surface area (Å²) in [5.74, 6) is 1.95. The van der Waals surface area contributed by atoms with Crippen molar-refractivity contribution in [2.24, 2.45) is 11.8 Å². The van der Waals surface area contributed by atoms with Crippen LogP contribution in [-0.4, -0.2) is 21.7 Å². The molecule has 0 saturated heterocycles. The molecule has 0 unspecified atom stereocenters. The zero-order valence-corrected chi connectivity index (χ0v) is 15.3. The molecule has 0 aliphatic heterocycles. The van der Waals surface area contributed by atoms with E-state index >= 15 is 0 Å². The van der Waals surface area contributed by atoms with E-state index in [0.717, 1.165) is 17.3 Å². The molecular formula is C21H27N3O. The summed E-state index contributed by atoms with van der Waals surface area (Å²) in [6.07, 6.45) is 3.84. The topological polar surface area (TPSA) is 46.9 Å². The zero-order chi connectivity index (χ0) is 17.6. The highest BCUT2D eigenvalue weighted by molar-refractivity contribution is 5.76. The molecule has 2 aliphatic rings. The molecule has 4 nitrogen and oxygen atoms in total. The molecule has 2 aliphatic carbocycles. The number of rotatable bonds is 4. The third kappa shape index (κ3) is 2.78. The van der Waals surface area contributed by atoms with Crippen molar-refractivity contribution < 1.29 is 4.79 Å². The van der Waals surface area contributed by atoms with Gasteiger partial charge in [0.2, 0.25) is 5.91 Å². The maximum absolute atomic E-state index is 12.7. The van der Waals surface area contributed by atoms with Gasteiger partial charge in [-0.15, -0.1) is 0 Å². The first-order valence-corrected chi connectivity index (χ1v) is 9.41. The average Bonchev–Trinajstić information content (AvgIpc) is 3.11. The molecule has 0 spiro atoms. The van der Waals surface area contributed by atoms with E-state index in [1.807, 2.05) is 18.5 Å². The van der Waals surface area contributed by atoms with Crippen molar-refractivity contribution >= 4 is 5.91 Å². The van der Waals surface area contributed by atoms with Gasteiger partial charge in [0.05, 0.1) is 5.69 Å². The Hall–Kier alpha value is -2.10. The molecule has 2 saturated carbocycles. The second-order valence-corrected chi connectivity index (χ2v) is 7.74. The molecule has 2 fully saturated rings. The smallest absolute Gasteiger partial charge is 0.241 e. The SMILES string of the molecule is Cc1nn(CC(=O)N[C@@H]2[C@H]3CCC[C@H]3[C@H]2c2ccccc2)c(C)c1C. The molecule has 1 heterocycles. The summed E-state index contributed by atoms with van der Waals surface area (Å²) in [7, 11) is 0. The van der Waals surface area contributed by atoms with Crippen molar-refractivity contribution in [1.82, 2.24) is 15.1 Å². The second kappa shape index (κ2) is 6.32. The van der Waals surface area contributed by atoms with Crippen LogP contribution in [0.3, 0.4) is 0 Å². The molecule has 132 valence electrons. The largest absolute Gasteiger partial charge is 0.351 e. The Bertz CT molecular complexity index is 780. The van der Waals surface area contributed by atoms with Crippen LogP contribution >= 0.6 is 0 Å². The van der Waals surface area contributed by atoms with Gasteiger partial charge >= 0.3 is 0 Å². The van der Waals surface area contributed by atoms with Crippen LogP contribution in [0.25, 0.3) is 0 Å². The Balaban J connectivity index is 1.48. The van der Waals surface area contributed by atoms with Crippen molar-refractivity contribution in [2.75, 3.05) is 0 Å². The molecule has 4 rings (SSSR count). The van der Waals surface area contributed by atoms with Crippen LogP contribution in [0.2, 0.25) is 0 Å². The highest BCUT2D eigenvalue weighted by atomic mass is 16.2. The lowest BCUT2D eigenvalue weighted by atomic mass is 9.60. The number of amides is 1. The van der Waals surface area contributed by atoms with Crippen LogP contribution in [0.1, 0.15) is 47.7 Å². The van der Waals surface area contributed by atoms with E-state index in [0.29, 0.717) is 18.4 Å². The molecule has 25 heavy (non-hydrogen) atoms. The van der Waals surface area contributed by atoms with Crippen molar-refractivity contribution in [3.63, 3.8) is 0 Å². The molecular weight excluding hydrogens is 310 g/mol. The Kier molecular flexibility index (Phi) is 4.14. The normalized spacial score (nSPS) is 27.6. The van der Waals surface area contributed by atoms with Gasteiger partial charge in [0, 0.05) is 17.7 Å². The monoisotopic (exact) mass is 337 g/mol. The van der Waals surface area contributed by atoms with Gasteiger partial charge in [-0.05, 0) is 56.6 Å². The third-order valence-electron chi connectivity index (χ3n) is 6.48. The molecule has 1 amide bonds. The molecule has 0 bridgehead atoms. The lowest BCUT2D eigenvalue weighted by Gasteiger charge is -2.49. The summed E-state index contributed by atoms with van der Waals surface area (Å²) in [5.41, 5.74) is 4.64. The Labute approximate surface area is 149 Å². The summed E-state index contributed by atoms with van der Waals surface area (Å²) in [6.45, 7) is 6.41. The fourth-order valence-corrected chi connectivity index (χ4v) is 4.93. The van der Waals surface area contributed by atoms with Crippen molar-refractivity contribution in [3.05, 3.63) is 52.8 Å². The van der Waals surface area contributed by atoms with Gasteiger partial charge in [-0.3, -0.25) is 9.48 Å².